The van der Waals surface area contributed by atoms with Gasteiger partial charge in [-0.05, 0) is 49.6 Å². The van der Waals surface area contributed by atoms with Gasteiger partial charge in [0.2, 0.25) is 6.10 Å². The van der Waals surface area contributed by atoms with E-state index in [-0.39, 0.29) is 18.1 Å². The maximum absolute atomic E-state index is 13.2. The van der Waals surface area contributed by atoms with Crippen molar-refractivity contribution < 1.29 is 19.0 Å². The number of ether oxygens (including phenoxy) is 3. The number of benzene rings is 2. The van der Waals surface area contributed by atoms with Crippen molar-refractivity contribution in [3.05, 3.63) is 54.1 Å². The fourth-order valence-corrected chi connectivity index (χ4v) is 3.26. The largest absolute Gasteiger partial charge is 0.497 e. The van der Waals surface area contributed by atoms with Crippen molar-refractivity contribution in [1.82, 2.24) is 4.90 Å². The van der Waals surface area contributed by atoms with E-state index in [1.807, 2.05) is 60.4 Å². The van der Waals surface area contributed by atoms with Crippen LogP contribution in [0.1, 0.15) is 25.3 Å². The summed E-state index contributed by atoms with van der Waals surface area (Å²) < 4.78 is 17.1. The lowest BCUT2D eigenvalue weighted by atomic mass is 10.1. The first-order valence-corrected chi connectivity index (χ1v) is 9.01. The number of nitrogens with zero attached hydrogens (tertiary/aromatic N) is 1. The molecule has 0 bridgehead atoms. The van der Waals surface area contributed by atoms with Crippen molar-refractivity contribution in [2.75, 3.05) is 7.11 Å². The molecular weight excluding hydrogens is 330 g/mol. The number of hydrogen-bond acceptors (Lipinski definition) is 4. The summed E-state index contributed by atoms with van der Waals surface area (Å²) in [5.74, 6) is 2.12. The molecule has 1 fully saturated rings. The Morgan fingerprint density at radius 2 is 1.73 bits per heavy atom. The van der Waals surface area contributed by atoms with E-state index < -0.39 is 6.10 Å². The summed E-state index contributed by atoms with van der Waals surface area (Å²) in [6.45, 7) is 2.46. The quantitative estimate of drug-likeness (QED) is 0.826. The first kappa shape index (κ1) is 16.8. The van der Waals surface area contributed by atoms with Crippen molar-refractivity contribution in [1.29, 1.82) is 0 Å². The van der Waals surface area contributed by atoms with Crippen LogP contribution in [0, 0.1) is 0 Å². The Morgan fingerprint density at radius 3 is 2.35 bits per heavy atom. The lowest BCUT2D eigenvalue weighted by molar-refractivity contribution is -0.145. The van der Waals surface area contributed by atoms with Crippen molar-refractivity contribution in [2.45, 2.75) is 44.6 Å². The van der Waals surface area contributed by atoms with Gasteiger partial charge in [0.15, 0.2) is 11.5 Å². The fourth-order valence-electron chi connectivity index (χ4n) is 3.26. The van der Waals surface area contributed by atoms with Gasteiger partial charge >= 0.3 is 0 Å². The van der Waals surface area contributed by atoms with E-state index in [4.69, 9.17) is 14.2 Å². The zero-order valence-electron chi connectivity index (χ0n) is 15.1. The molecule has 0 radical (unpaired) electrons. The highest BCUT2D eigenvalue weighted by Crippen LogP contribution is 2.36. The van der Waals surface area contributed by atoms with Gasteiger partial charge in [0, 0.05) is 12.6 Å². The van der Waals surface area contributed by atoms with E-state index in [0.29, 0.717) is 18.0 Å². The minimum atomic E-state index is -0.622. The van der Waals surface area contributed by atoms with Crippen LogP contribution in [-0.4, -0.2) is 36.2 Å². The molecule has 0 aromatic heterocycles. The summed E-state index contributed by atoms with van der Waals surface area (Å²) in [6.07, 6.45) is 1.14. The highest BCUT2D eigenvalue weighted by atomic mass is 16.6. The molecule has 2 aromatic carbocycles. The fraction of sp³-hybridized carbons (Fsp3) is 0.381. The third kappa shape index (κ3) is 3.34. The van der Waals surface area contributed by atoms with Crippen LogP contribution in [0.4, 0.5) is 0 Å². The molecule has 136 valence electrons. The summed E-state index contributed by atoms with van der Waals surface area (Å²) in [4.78, 5) is 15.2. The zero-order chi connectivity index (χ0) is 18.1. The van der Waals surface area contributed by atoms with E-state index in [2.05, 4.69) is 0 Å². The minimum Gasteiger partial charge on any atom is -0.497 e. The molecule has 1 aliphatic heterocycles. The number of hydrogen-bond donors (Lipinski definition) is 0. The molecule has 26 heavy (non-hydrogen) atoms. The van der Waals surface area contributed by atoms with Crippen LogP contribution < -0.4 is 14.2 Å². The van der Waals surface area contributed by atoms with Gasteiger partial charge in [-0.15, -0.1) is 0 Å². The lowest BCUT2D eigenvalue weighted by Crippen LogP contribution is -2.51. The molecule has 2 aliphatic rings. The lowest BCUT2D eigenvalue weighted by Gasteiger charge is -2.34. The first-order chi connectivity index (χ1) is 12.7. The number of fused-ring (bicyclic) bond motifs is 1. The minimum absolute atomic E-state index is 0.00896. The molecule has 0 saturated heterocycles. The van der Waals surface area contributed by atoms with Gasteiger partial charge in [-0.25, -0.2) is 0 Å². The molecule has 0 unspecified atom stereocenters. The van der Waals surface area contributed by atoms with Crippen LogP contribution in [0.3, 0.4) is 0 Å². The van der Waals surface area contributed by atoms with Gasteiger partial charge in [0.05, 0.1) is 7.11 Å². The second-order valence-corrected chi connectivity index (χ2v) is 6.85. The SMILES string of the molecule is COc1ccc(CN(C(=O)[C@@H]2Oc3ccccc3O[C@H]2C)C2CC2)cc1. The van der Waals surface area contributed by atoms with Crippen LogP contribution in [-0.2, 0) is 11.3 Å². The number of carbonyl (C=O) groups is 1. The van der Waals surface area contributed by atoms with E-state index in [9.17, 15) is 4.79 Å². The number of rotatable bonds is 5. The Labute approximate surface area is 153 Å². The van der Waals surface area contributed by atoms with Crippen molar-refractivity contribution in [3.63, 3.8) is 0 Å². The number of para-hydroxylation sites is 2. The standard InChI is InChI=1S/C21H23NO4/c1-14-20(26-19-6-4-3-5-18(19)25-14)21(23)22(16-9-10-16)13-15-7-11-17(24-2)12-8-15/h3-8,11-12,14,16,20H,9-10,13H2,1-2H3/t14-,20+/m0/s1. The van der Waals surface area contributed by atoms with Gasteiger partial charge < -0.3 is 19.1 Å². The maximum atomic E-state index is 13.2. The Bertz CT molecular complexity index is 785. The summed E-state index contributed by atoms with van der Waals surface area (Å²) >= 11 is 0. The second-order valence-electron chi connectivity index (χ2n) is 6.85. The third-order valence-corrected chi connectivity index (χ3v) is 4.87. The Balaban J connectivity index is 1.52. The second kappa shape index (κ2) is 6.90. The van der Waals surface area contributed by atoms with Gasteiger partial charge in [-0.1, -0.05) is 24.3 Å². The van der Waals surface area contributed by atoms with Crippen LogP contribution in [0.5, 0.6) is 17.2 Å². The molecular formula is C21H23NO4. The molecule has 4 rings (SSSR count). The highest BCUT2D eigenvalue weighted by Gasteiger charge is 2.41. The predicted octanol–water partition coefficient (Wildman–Crippen LogP) is 3.41. The summed E-state index contributed by atoms with van der Waals surface area (Å²) in [5.41, 5.74) is 1.08. The van der Waals surface area contributed by atoms with E-state index in [1.54, 1.807) is 7.11 Å². The number of methoxy groups -OCH3 is 1. The molecule has 2 aromatic rings. The van der Waals surface area contributed by atoms with Gasteiger partial charge in [0.1, 0.15) is 11.9 Å². The molecule has 1 saturated carbocycles. The third-order valence-electron chi connectivity index (χ3n) is 4.87. The Hall–Kier alpha value is -2.69. The molecule has 1 amide bonds. The summed E-state index contributed by atoms with van der Waals surface area (Å²) in [7, 11) is 1.65. The normalized spacial score (nSPS) is 21.2. The summed E-state index contributed by atoms with van der Waals surface area (Å²) in [5, 5.41) is 0. The van der Waals surface area contributed by atoms with Crippen LogP contribution in [0.2, 0.25) is 0 Å². The average Bonchev–Trinajstić information content (AvgIpc) is 3.50. The molecule has 0 N–H and O–H groups in total. The Morgan fingerprint density at radius 1 is 1.08 bits per heavy atom. The van der Waals surface area contributed by atoms with Crippen molar-refractivity contribution >= 4 is 5.91 Å². The monoisotopic (exact) mass is 353 g/mol. The number of carbonyl (C=O) groups excluding carboxylic acids is 1. The molecule has 2 atom stereocenters. The van der Waals surface area contributed by atoms with Crippen LogP contribution >= 0.6 is 0 Å². The molecule has 1 aliphatic carbocycles. The highest BCUT2D eigenvalue weighted by molar-refractivity contribution is 5.83. The zero-order valence-corrected chi connectivity index (χ0v) is 15.1. The van der Waals surface area contributed by atoms with Crippen molar-refractivity contribution in [2.24, 2.45) is 0 Å². The first-order valence-electron chi connectivity index (χ1n) is 9.01. The topological polar surface area (TPSA) is 48.0 Å². The summed E-state index contributed by atoms with van der Waals surface area (Å²) in [6, 6.07) is 15.6. The van der Waals surface area contributed by atoms with Gasteiger partial charge in [0.25, 0.3) is 5.91 Å². The molecule has 5 heteroatoms. The average molecular weight is 353 g/mol. The molecule has 1 heterocycles. The van der Waals surface area contributed by atoms with Crippen LogP contribution in [0.25, 0.3) is 0 Å². The van der Waals surface area contributed by atoms with E-state index in [1.165, 1.54) is 0 Å². The van der Waals surface area contributed by atoms with Crippen LogP contribution in [0.15, 0.2) is 48.5 Å². The number of amides is 1. The predicted molar refractivity (Wildman–Crippen MR) is 97.5 cm³/mol. The Kier molecular flexibility index (Phi) is 4.45. The smallest absolute Gasteiger partial charge is 0.268 e. The van der Waals surface area contributed by atoms with Crippen molar-refractivity contribution in [3.8, 4) is 17.2 Å². The van der Waals surface area contributed by atoms with Gasteiger partial charge in [-0.3, -0.25) is 4.79 Å². The van der Waals surface area contributed by atoms with Gasteiger partial charge in [-0.2, -0.15) is 0 Å². The molecule has 0 spiro atoms. The van der Waals surface area contributed by atoms with E-state index in [0.717, 1.165) is 24.2 Å². The molecule has 5 nitrogen and oxygen atoms in total. The van der Waals surface area contributed by atoms with E-state index >= 15 is 0 Å². The maximum Gasteiger partial charge on any atom is 0.268 e.